The summed E-state index contributed by atoms with van der Waals surface area (Å²) in [4.78, 5) is 11.9. The lowest BCUT2D eigenvalue weighted by Gasteiger charge is -2.08. The number of aryl methyl sites for hydroxylation is 1. The number of anilines is 1. The van der Waals surface area contributed by atoms with E-state index in [-0.39, 0.29) is 17.2 Å². The molecule has 2 aromatic carbocycles. The molecule has 0 radical (unpaired) electrons. The molecule has 2 aromatic rings. The van der Waals surface area contributed by atoms with Crippen molar-refractivity contribution in [2.75, 3.05) is 5.73 Å². The molecule has 3 N–H and O–H groups in total. The summed E-state index contributed by atoms with van der Waals surface area (Å²) in [5.74, 6) is -0.898. The van der Waals surface area contributed by atoms with Gasteiger partial charge in [0.1, 0.15) is 5.82 Å². The molecule has 0 aliphatic rings. The first-order chi connectivity index (χ1) is 9.08. The zero-order chi connectivity index (χ0) is 13.8. The summed E-state index contributed by atoms with van der Waals surface area (Å²) in [6.45, 7) is 2.39. The molecule has 19 heavy (non-hydrogen) atoms. The van der Waals surface area contributed by atoms with Crippen molar-refractivity contribution in [2.24, 2.45) is 0 Å². The number of carbonyl (C=O) groups is 1. The van der Waals surface area contributed by atoms with Gasteiger partial charge in [0, 0.05) is 12.1 Å². The summed E-state index contributed by atoms with van der Waals surface area (Å²) in [6.07, 6.45) is 0. The quantitative estimate of drug-likeness (QED) is 0.831. The van der Waals surface area contributed by atoms with E-state index in [0.29, 0.717) is 6.54 Å². The highest BCUT2D eigenvalue weighted by Crippen LogP contribution is 2.12. The lowest BCUT2D eigenvalue weighted by atomic mass is 10.1. The fourth-order valence-electron chi connectivity index (χ4n) is 1.75. The van der Waals surface area contributed by atoms with E-state index in [9.17, 15) is 9.18 Å². The van der Waals surface area contributed by atoms with Gasteiger partial charge >= 0.3 is 0 Å². The summed E-state index contributed by atoms with van der Waals surface area (Å²) in [7, 11) is 0. The number of nitrogens with two attached hydrogens (primary N) is 1. The number of carbonyl (C=O) groups excluding carboxylic acids is 1. The Morgan fingerprint density at radius 2 is 2.00 bits per heavy atom. The van der Waals surface area contributed by atoms with Crippen LogP contribution in [0.25, 0.3) is 0 Å². The molecule has 98 valence electrons. The number of hydrogen-bond donors (Lipinski definition) is 2. The van der Waals surface area contributed by atoms with Crippen LogP contribution in [0.15, 0.2) is 42.5 Å². The van der Waals surface area contributed by atoms with Crippen LogP contribution >= 0.6 is 0 Å². The molecule has 1 amide bonds. The molecule has 3 nitrogen and oxygen atoms in total. The van der Waals surface area contributed by atoms with Crippen molar-refractivity contribution in [3.8, 4) is 0 Å². The average molecular weight is 258 g/mol. The number of amides is 1. The lowest BCUT2D eigenvalue weighted by Crippen LogP contribution is -2.23. The van der Waals surface area contributed by atoms with Crippen LogP contribution in [0.2, 0.25) is 0 Å². The molecule has 0 spiro atoms. The summed E-state index contributed by atoms with van der Waals surface area (Å²) in [5.41, 5.74) is 7.81. The van der Waals surface area contributed by atoms with E-state index in [2.05, 4.69) is 5.32 Å². The van der Waals surface area contributed by atoms with Crippen molar-refractivity contribution in [1.82, 2.24) is 5.32 Å². The van der Waals surface area contributed by atoms with Crippen molar-refractivity contribution < 1.29 is 9.18 Å². The zero-order valence-electron chi connectivity index (χ0n) is 10.6. The molecule has 0 fully saturated rings. The topological polar surface area (TPSA) is 55.1 Å². The second-order valence-corrected chi connectivity index (χ2v) is 4.35. The van der Waals surface area contributed by atoms with Crippen LogP contribution in [0.1, 0.15) is 21.5 Å². The van der Waals surface area contributed by atoms with Gasteiger partial charge in [-0.2, -0.15) is 0 Å². The number of nitrogens with one attached hydrogen (secondary N) is 1. The second-order valence-electron chi connectivity index (χ2n) is 4.35. The van der Waals surface area contributed by atoms with Crippen LogP contribution in [0, 0.1) is 12.7 Å². The molecule has 0 saturated heterocycles. The van der Waals surface area contributed by atoms with Crippen LogP contribution in [-0.2, 0) is 6.54 Å². The summed E-state index contributed by atoms with van der Waals surface area (Å²) < 4.78 is 13.3. The molecule has 0 unspecified atom stereocenters. The molecule has 0 aromatic heterocycles. The molecule has 0 bridgehead atoms. The highest BCUT2D eigenvalue weighted by molar-refractivity contribution is 5.94. The number of benzene rings is 2. The zero-order valence-corrected chi connectivity index (χ0v) is 10.6. The summed E-state index contributed by atoms with van der Waals surface area (Å²) in [5, 5.41) is 2.76. The molecule has 2 rings (SSSR count). The van der Waals surface area contributed by atoms with Gasteiger partial charge in [-0.3, -0.25) is 4.79 Å². The van der Waals surface area contributed by atoms with Gasteiger partial charge in [0.2, 0.25) is 0 Å². The first-order valence-electron chi connectivity index (χ1n) is 5.95. The Balaban J connectivity index is 2.05. The van der Waals surface area contributed by atoms with Crippen LogP contribution in [0.4, 0.5) is 10.1 Å². The van der Waals surface area contributed by atoms with Crippen molar-refractivity contribution in [3.05, 3.63) is 65.0 Å². The molecule has 0 heterocycles. The third-order valence-electron chi connectivity index (χ3n) is 2.96. The average Bonchev–Trinajstić information content (AvgIpc) is 2.40. The minimum atomic E-state index is -0.580. The van der Waals surface area contributed by atoms with Gasteiger partial charge in [-0.05, 0) is 36.2 Å². The maximum atomic E-state index is 13.3. The van der Waals surface area contributed by atoms with Crippen LogP contribution in [-0.4, -0.2) is 5.91 Å². The lowest BCUT2D eigenvalue weighted by molar-refractivity contribution is 0.0950. The van der Waals surface area contributed by atoms with Gasteiger partial charge in [-0.25, -0.2) is 4.39 Å². The van der Waals surface area contributed by atoms with Gasteiger partial charge in [0.25, 0.3) is 5.91 Å². The molecule has 0 aliphatic carbocycles. The predicted molar refractivity (Wildman–Crippen MR) is 73.2 cm³/mol. The van der Waals surface area contributed by atoms with E-state index in [4.69, 9.17) is 5.73 Å². The summed E-state index contributed by atoms with van der Waals surface area (Å²) in [6, 6.07) is 11.8. The maximum absolute atomic E-state index is 13.3. The number of hydrogen-bond acceptors (Lipinski definition) is 2. The van der Waals surface area contributed by atoms with Crippen LogP contribution in [0.3, 0.4) is 0 Å². The molecular formula is C15H15FN2O. The Kier molecular flexibility index (Phi) is 3.80. The van der Waals surface area contributed by atoms with Crippen molar-refractivity contribution in [1.29, 1.82) is 0 Å². The van der Waals surface area contributed by atoms with E-state index < -0.39 is 5.82 Å². The Morgan fingerprint density at radius 3 is 2.68 bits per heavy atom. The molecule has 0 atom stereocenters. The second kappa shape index (κ2) is 5.52. The Bertz CT molecular complexity index is 611. The van der Waals surface area contributed by atoms with E-state index in [1.807, 2.05) is 31.2 Å². The van der Waals surface area contributed by atoms with Crippen molar-refractivity contribution in [3.63, 3.8) is 0 Å². The SMILES string of the molecule is Cc1ccccc1CNC(=O)c1ccc(N)c(F)c1. The van der Waals surface area contributed by atoms with Crippen molar-refractivity contribution in [2.45, 2.75) is 13.5 Å². The minimum Gasteiger partial charge on any atom is -0.396 e. The van der Waals surface area contributed by atoms with Gasteiger partial charge in [0.05, 0.1) is 5.69 Å². The van der Waals surface area contributed by atoms with Gasteiger partial charge in [-0.15, -0.1) is 0 Å². The van der Waals surface area contributed by atoms with E-state index in [1.165, 1.54) is 12.1 Å². The first-order valence-corrected chi connectivity index (χ1v) is 5.95. The number of rotatable bonds is 3. The third-order valence-corrected chi connectivity index (χ3v) is 2.96. The predicted octanol–water partition coefficient (Wildman–Crippen LogP) is 2.65. The minimum absolute atomic E-state index is 0.0375. The fraction of sp³-hybridized carbons (Fsp3) is 0.133. The van der Waals surface area contributed by atoms with E-state index in [1.54, 1.807) is 0 Å². The van der Waals surface area contributed by atoms with Gasteiger partial charge in [0.15, 0.2) is 0 Å². The maximum Gasteiger partial charge on any atom is 0.251 e. The first kappa shape index (κ1) is 13.1. The Morgan fingerprint density at radius 1 is 1.26 bits per heavy atom. The molecule has 0 aliphatic heterocycles. The van der Waals surface area contributed by atoms with Gasteiger partial charge in [-0.1, -0.05) is 24.3 Å². The van der Waals surface area contributed by atoms with E-state index >= 15 is 0 Å². The third kappa shape index (κ3) is 3.10. The monoisotopic (exact) mass is 258 g/mol. The largest absolute Gasteiger partial charge is 0.396 e. The highest BCUT2D eigenvalue weighted by Gasteiger charge is 2.08. The molecular weight excluding hydrogens is 243 g/mol. The van der Waals surface area contributed by atoms with Gasteiger partial charge < -0.3 is 11.1 Å². The van der Waals surface area contributed by atoms with Crippen LogP contribution in [0.5, 0.6) is 0 Å². The Labute approximate surface area is 111 Å². The smallest absolute Gasteiger partial charge is 0.251 e. The summed E-state index contributed by atoms with van der Waals surface area (Å²) >= 11 is 0. The fourth-order valence-corrected chi connectivity index (χ4v) is 1.75. The standard InChI is InChI=1S/C15H15FN2O/c1-10-4-2-3-5-12(10)9-18-15(19)11-6-7-14(17)13(16)8-11/h2-8H,9,17H2,1H3,(H,18,19). The Hall–Kier alpha value is -2.36. The number of nitrogen functional groups attached to an aromatic ring is 1. The molecule has 4 heteroatoms. The molecule has 0 saturated carbocycles. The van der Waals surface area contributed by atoms with E-state index in [0.717, 1.165) is 17.2 Å². The van der Waals surface area contributed by atoms with Crippen molar-refractivity contribution >= 4 is 11.6 Å². The normalized spacial score (nSPS) is 10.2. The van der Waals surface area contributed by atoms with Crippen LogP contribution < -0.4 is 11.1 Å². The number of halogens is 1. The highest BCUT2D eigenvalue weighted by atomic mass is 19.1.